The van der Waals surface area contributed by atoms with Gasteiger partial charge in [0.05, 0.1) is 11.9 Å². The Kier molecular flexibility index (Phi) is 1.94. The van der Waals surface area contributed by atoms with Crippen molar-refractivity contribution in [2.24, 2.45) is 5.16 Å². The van der Waals surface area contributed by atoms with Crippen molar-refractivity contribution in [1.29, 1.82) is 0 Å². The summed E-state index contributed by atoms with van der Waals surface area (Å²) in [6.45, 7) is 1.84. The van der Waals surface area contributed by atoms with Gasteiger partial charge in [-0.15, -0.1) is 0 Å². The van der Waals surface area contributed by atoms with E-state index in [9.17, 15) is 0 Å². The van der Waals surface area contributed by atoms with Crippen molar-refractivity contribution in [3.63, 3.8) is 0 Å². The summed E-state index contributed by atoms with van der Waals surface area (Å²) in [6, 6.07) is 0. The van der Waals surface area contributed by atoms with Gasteiger partial charge < -0.3 is 5.21 Å². The van der Waals surface area contributed by atoms with Gasteiger partial charge in [-0.05, 0) is 12.5 Å². The molecule has 4 nitrogen and oxygen atoms in total. The fourth-order valence-corrected chi connectivity index (χ4v) is 0.598. The van der Waals surface area contributed by atoms with E-state index < -0.39 is 0 Å². The molecule has 1 aromatic rings. The van der Waals surface area contributed by atoms with Gasteiger partial charge in [0, 0.05) is 6.20 Å². The Bertz CT molecular complexity index is 247. The van der Waals surface area contributed by atoms with E-state index in [0.717, 1.165) is 5.56 Å². The first-order valence-electron chi connectivity index (χ1n) is 2.78. The normalized spacial score (nSPS) is 10.5. The zero-order chi connectivity index (χ0) is 7.40. The number of rotatable bonds is 1. The molecular weight excluding hydrogens is 130 g/mol. The molecule has 0 amide bonds. The number of hydrogen-bond acceptors (Lipinski definition) is 4. The summed E-state index contributed by atoms with van der Waals surface area (Å²) >= 11 is 0. The average molecular weight is 137 g/mol. The Balaban J connectivity index is 3.03. The highest BCUT2D eigenvalue weighted by molar-refractivity contribution is 5.77. The van der Waals surface area contributed by atoms with Gasteiger partial charge in [0.2, 0.25) is 0 Å². The predicted octanol–water partition coefficient (Wildman–Crippen LogP) is 0.593. The summed E-state index contributed by atoms with van der Waals surface area (Å²) in [5.74, 6) is 0. The zero-order valence-electron chi connectivity index (χ0n) is 5.52. The maximum Gasteiger partial charge on any atom is 0.116 e. The second kappa shape index (κ2) is 2.91. The molecule has 1 aromatic heterocycles. The Morgan fingerprint density at radius 2 is 2.50 bits per heavy atom. The molecule has 0 unspecified atom stereocenters. The molecule has 0 radical (unpaired) electrons. The minimum Gasteiger partial charge on any atom is -0.411 e. The highest BCUT2D eigenvalue weighted by atomic mass is 16.4. The van der Waals surface area contributed by atoms with Crippen LogP contribution in [0.4, 0.5) is 0 Å². The quantitative estimate of drug-likeness (QED) is 0.350. The number of aryl methyl sites for hydroxylation is 1. The van der Waals surface area contributed by atoms with E-state index in [0.29, 0.717) is 5.69 Å². The Labute approximate surface area is 58.2 Å². The van der Waals surface area contributed by atoms with Crippen LogP contribution in [0.2, 0.25) is 0 Å². The molecule has 0 aliphatic heterocycles. The minimum absolute atomic E-state index is 0.637. The van der Waals surface area contributed by atoms with E-state index in [1.807, 2.05) is 6.92 Å². The van der Waals surface area contributed by atoms with Crippen LogP contribution >= 0.6 is 0 Å². The largest absolute Gasteiger partial charge is 0.411 e. The number of oxime groups is 1. The van der Waals surface area contributed by atoms with Gasteiger partial charge in [-0.3, -0.25) is 0 Å². The SMILES string of the molecule is Cc1cncnc1C=NO. The second-order valence-electron chi connectivity index (χ2n) is 1.84. The lowest BCUT2D eigenvalue weighted by Gasteiger charge is -1.92. The van der Waals surface area contributed by atoms with Gasteiger partial charge in [0.15, 0.2) is 0 Å². The molecule has 0 bridgehead atoms. The molecule has 1 N–H and O–H groups in total. The molecule has 1 heterocycles. The second-order valence-corrected chi connectivity index (χ2v) is 1.84. The highest BCUT2D eigenvalue weighted by Crippen LogP contribution is 1.96. The molecule has 52 valence electrons. The Morgan fingerprint density at radius 3 is 3.10 bits per heavy atom. The summed E-state index contributed by atoms with van der Waals surface area (Å²) in [4.78, 5) is 7.62. The van der Waals surface area contributed by atoms with Gasteiger partial charge in [0.1, 0.15) is 6.33 Å². The lowest BCUT2D eigenvalue weighted by molar-refractivity contribution is 0.321. The maximum atomic E-state index is 8.15. The van der Waals surface area contributed by atoms with Gasteiger partial charge in [-0.25, -0.2) is 9.97 Å². The topological polar surface area (TPSA) is 58.4 Å². The molecule has 0 atom stereocenters. The zero-order valence-corrected chi connectivity index (χ0v) is 5.52. The summed E-state index contributed by atoms with van der Waals surface area (Å²) in [6.07, 6.45) is 4.34. The lowest BCUT2D eigenvalue weighted by atomic mass is 10.3. The third-order valence-corrected chi connectivity index (χ3v) is 1.12. The van der Waals surface area contributed by atoms with Gasteiger partial charge in [-0.1, -0.05) is 5.16 Å². The van der Waals surface area contributed by atoms with Crippen LogP contribution in [-0.4, -0.2) is 21.4 Å². The van der Waals surface area contributed by atoms with E-state index >= 15 is 0 Å². The standard InChI is InChI=1S/C6H7N3O/c1-5-2-7-4-8-6(5)3-9-10/h2-4,10H,1H3. The van der Waals surface area contributed by atoms with Crippen LogP contribution in [0.25, 0.3) is 0 Å². The van der Waals surface area contributed by atoms with Crippen molar-refractivity contribution in [3.05, 3.63) is 23.8 Å². The van der Waals surface area contributed by atoms with Crippen molar-refractivity contribution in [1.82, 2.24) is 9.97 Å². The summed E-state index contributed by atoms with van der Waals surface area (Å²) < 4.78 is 0. The number of hydrogen-bond donors (Lipinski definition) is 1. The molecule has 0 spiro atoms. The molecular formula is C6H7N3O. The average Bonchev–Trinajstić information content (AvgIpc) is 1.94. The summed E-state index contributed by atoms with van der Waals surface area (Å²) in [7, 11) is 0. The number of aromatic nitrogens is 2. The third-order valence-electron chi connectivity index (χ3n) is 1.12. The van der Waals surface area contributed by atoms with Crippen molar-refractivity contribution in [3.8, 4) is 0 Å². The summed E-state index contributed by atoms with van der Waals surface area (Å²) in [5, 5.41) is 11.0. The number of nitrogens with zero attached hydrogens (tertiary/aromatic N) is 3. The predicted molar refractivity (Wildman–Crippen MR) is 36.1 cm³/mol. The van der Waals surface area contributed by atoms with Crippen molar-refractivity contribution >= 4 is 6.21 Å². The molecule has 10 heavy (non-hydrogen) atoms. The first kappa shape index (κ1) is 6.67. The fourth-order valence-electron chi connectivity index (χ4n) is 0.598. The van der Waals surface area contributed by atoms with Crippen LogP contribution in [0.15, 0.2) is 17.7 Å². The van der Waals surface area contributed by atoms with Gasteiger partial charge in [-0.2, -0.15) is 0 Å². The molecule has 1 rings (SSSR count). The fraction of sp³-hybridized carbons (Fsp3) is 0.167. The Hall–Kier alpha value is -1.45. The smallest absolute Gasteiger partial charge is 0.116 e. The van der Waals surface area contributed by atoms with Crippen LogP contribution in [0, 0.1) is 6.92 Å². The van der Waals surface area contributed by atoms with E-state index in [4.69, 9.17) is 5.21 Å². The molecule has 4 heteroatoms. The molecule has 0 saturated heterocycles. The lowest BCUT2D eigenvalue weighted by Crippen LogP contribution is -1.92. The van der Waals surface area contributed by atoms with Gasteiger partial charge >= 0.3 is 0 Å². The third kappa shape index (κ3) is 1.28. The van der Waals surface area contributed by atoms with E-state index in [2.05, 4.69) is 15.1 Å². The molecule has 0 aliphatic rings. The van der Waals surface area contributed by atoms with E-state index in [1.54, 1.807) is 6.20 Å². The van der Waals surface area contributed by atoms with E-state index in [1.165, 1.54) is 12.5 Å². The molecule has 0 aliphatic carbocycles. The van der Waals surface area contributed by atoms with E-state index in [-0.39, 0.29) is 0 Å². The minimum atomic E-state index is 0.637. The summed E-state index contributed by atoms with van der Waals surface area (Å²) in [5.41, 5.74) is 1.53. The van der Waals surface area contributed by atoms with Crippen LogP contribution in [-0.2, 0) is 0 Å². The van der Waals surface area contributed by atoms with Gasteiger partial charge in [0.25, 0.3) is 0 Å². The molecule has 0 fully saturated rings. The van der Waals surface area contributed by atoms with Crippen LogP contribution in [0.1, 0.15) is 11.3 Å². The first-order valence-corrected chi connectivity index (χ1v) is 2.78. The monoisotopic (exact) mass is 137 g/mol. The molecule has 0 aromatic carbocycles. The van der Waals surface area contributed by atoms with Crippen molar-refractivity contribution in [2.45, 2.75) is 6.92 Å². The maximum absolute atomic E-state index is 8.15. The highest BCUT2D eigenvalue weighted by Gasteiger charge is 1.92. The van der Waals surface area contributed by atoms with Crippen LogP contribution in [0.3, 0.4) is 0 Å². The van der Waals surface area contributed by atoms with Crippen molar-refractivity contribution in [2.75, 3.05) is 0 Å². The first-order chi connectivity index (χ1) is 4.84. The van der Waals surface area contributed by atoms with Crippen molar-refractivity contribution < 1.29 is 5.21 Å². The van der Waals surface area contributed by atoms with Crippen LogP contribution < -0.4 is 0 Å². The van der Waals surface area contributed by atoms with Crippen LogP contribution in [0.5, 0.6) is 0 Å². The molecule has 0 saturated carbocycles. The Morgan fingerprint density at radius 1 is 1.70 bits per heavy atom.